The predicted octanol–water partition coefficient (Wildman–Crippen LogP) is 5.47. The molecule has 2 spiro atoms. The summed E-state index contributed by atoms with van der Waals surface area (Å²) in [6.45, 7) is 15.6. The summed E-state index contributed by atoms with van der Waals surface area (Å²) in [5.41, 5.74) is -0.205. The fourth-order valence-corrected chi connectivity index (χ4v) is 12.1. The van der Waals surface area contributed by atoms with Crippen LogP contribution in [0.2, 0.25) is 0 Å². The fourth-order valence-electron chi connectivity index (χ4n) is 12.1. The summed E-state index contributed by atoms with van der Waals surface area (Å²) in [5.74, 6) is 1.42. The molecule has 0 aromatic heterocycles. The molecule has 4 nitrogen and oxygen atoms in total. The zero-order chi connectivity index (χ0) is 24.7. The summed E-state index contributed by atoms with van der Waals surface area (Å²) in [5, 5.41) is 33.3. The first kappa shape index (κ1) is 24.2. The lowest BCUT2D eigenvalue weighted by Crippen LogP contribution is -2.59. The van der Waals surface area contributed by atoms with E-state index in [0.717, 1.165) is 25.7 Å². The quantitative estimate of drug-likeness (QED) is 0.497. The number of aliphatic hydroxyl groups is 3. The van der Waals surface area contributed by atoms with Crippen molar-refractivity contribution in [1.82, 2.24) is 0 Å². The third kappa shape index (κ3) is 2.60. The summed E-state index contributed by atoms with van der Waals surface area (Å²) in [4.78, 5) is 0. The van der Waals surface area contributed by atoms with Crippen LogP contribution in [0.4, 0.5) is 0 Å². The molecular formula is C30H50O4. The molecule has 3 N–H and O–H groups in total. The highest BCUT2D eigenvalue weighted by atomic mass is 16.5. The van der Waals surface area contributed by atoms with Gasteiger partial charge in [-0.1, -0.05) is 27.7 Å². The molecule has 0 bridgehead atoms. The van der Waals surface area contributed by atoms with E-state index in [2.05, 4.69) is 34.6 Å². The second-order valence-electron chi connectivity index (χ2n) is 15.7. The average molecular weight is 475 g/mol. The van der Waals surface area contributed by atoms with Crippen molar-refractivity contribution >= 4 is 0 Å². The Morgan fingerprint density at radius 3 is 2.06 bits per heavy atom. The van der Waals surface area contributed by atoms with E-state index in [1.807, 2.05) is 13.8 Å². The second-order valence-corrected chi connectivity index (χ2v) is 15.7. The summed E-state index contributed by atoms with van der Waals surface area (Å²) in [6, 6.07) is 0. The largest absolute Gasteiger partial charge is 0.393 e. The molecule has 5 saturated carbocycles. The van der Waals surface area contributed by atoms with Crippen molar-refractivity contribution in [3.8, 4) is 0 Å². The summed E-state index contributed by atoms with van der Waals surface area (Å²) in [7, 11) is 0. The lowest BCUT2D eigenvalue weighted by molar-refractivity contribution is -0.195. The first-order valence-corrected chi connectivity index (χ1v) is 14.3. The van der Waals surface area contributed by atoms with E-state index in [-0.39, 0.29) is 46.1 Å². The van der Waals surface area contributed by atoms with Gasteiger partial charge in [-0.15, -0.1) is 0 Å². The molecular weight excluding hydrogens is 424 g/mol. The van der Waals surface area contributed by atoms with E-state index < -0.39 is 5.60 Å². The van der Waals surface area contributed by atoms with Crippen LogP contribution in [-0.4, -0.2) is 44.8 Å². The third-order valence-electron chi connectivity index (χ3n) is 13.8. The van der Waals surface area contributed by atoms with E-state index in [0.29, 0.717) is 22.7 Å². The van der Waals surface area contributed by atoms with E-state index >= 15 is 0 Å². The number of hydrogen-bond donors (Lipinski definition) is 3. The van der Waals surface area contributed by atoms with Crippen LogP contribution in [0, 0.1) is 44.8 Å². The van der Waals surface area contributed by atoms with Crippen LogP contribution in [0.5, 0.6) is 0 Å². The maximum absolute atomic E-state index is 11.7. The molecule has 6 aliphatic rings. The highest BCUT2D eigenvalue weighted by Gasteiger charge is 2.83. The van der Waals surface area contributed by atoms with E-state index in [4.69, 9.17) is 4.74 Å². The minimum absolute atomic E-state index is 0.0172. The molecule has 6 fully saturated rings. The van der Waals surface area contributed by atoms with Crippen molar-refractivity contribution in [2.45, 2.75) is 142 Å². The smallest absolute Gasteiger partial charge is 0.0865 e. The molecule has 34 heavy (non-hydrogen) atoms. The summed E-state index contributed by atoms with van der Waals surface area (Å²) in [6.07, 6.45) is 10.5. The maximum atomic E-state index is 11.7. The van der Waals surface area contributed by atoms with Crippen molar-refractivity contribution in [2.75, 3.05) is 0 Å². The number of ether oxygens (including phenoxy) is 1. The lowest BCUT2D eigenvalue weighted by atomic mass is 9.41. The summed E-state index contributed by atoms with van der Waals surface area (Å²) < 4.78 is 6.68. The van der Waals surface area contributed by atoms with E-state index in [1.165, 1.54) is 38.5 Å². The number of rotatable bonds is 2. The highest BCUT2D eigenvalue weighted by Crippen LogP contribution is 2.89. The van der Waals surface area contributed by atoms with Gasteiger partial charge >= 0.3 is 0 Å². The molecule has 6 rings (SSSR count). The molecule has 1 heterocycles. The maximum Gasteiger partial charge on any atom is 0.0865 e. The number of aliphatic hydroxyl groups excluding tert-OH is 2. The molecule has 1 saturated heterocycles. The Kier molecular flexibility index (Phi) is 4.72. The monoisotopic (exact) mass is 474 g/mol. The lowest BCUT2D eigenvalue weighted by Gasteiger charge is -2.63. The van der Waals surface area contributed by atoms with E-state index in [9.17, 15) is 15.3 Å². The fraction of sp³-hybridized carbons (Fsp3) is 1.00. The van der Waals surface area contributed by atoms with Gasteiger partial charge < -0.3 is 20.1 Å². The van der Waals surface area contributed by atoms with Gasteiger partial charge in [0, 0.05) is 5.92 Å². The van der Waals surface area contributed by atoms with Gasteiger partial charge in [0.15, 0.2) is 0 Å². The first-order chi connectivity index (χ1) is 15.6. The van der Waals surface area contributed by atoms with Crippen LogP contribution in [0.25, 0.3) is 0 Å². The van der Waals surface area contributed by atoms with Crippen molar-refractivity contribution < 1.29 is 20.1 Å². The number of hydrogen-bond acceptors (Lipinski definition) is 4. The van der Waals surface area contributed by atoms with Crippen molar-refractivity contribution in [1.29, 1.82) is 0 Å². The molecule has 0 radical (unpaired) electrons. The normalized spacial score (nSPS) is 60.2. The third-order valence-corrected chi connectivity index (χ3v) is 13.8. The predicted molar refractivity (Wildman–Crippen MR) is 133 cm³/mol. The van der Waals surface area contributed by atoms with Gasteiger partial charge in [0.1, 0.15) is 0 Å². The minimum atomic E-state index is -0.848. The van der Waals surface area contributed by atoms with Gasteiger partial charge in [-0.2, -0.15) is 0 Å². The van der Waals surface area contributed by atoms with Gasteiger partial charge in [-0.3, -0.25) is 0 Å². The molecule has 0 amide bonds. The topological polar surface area (TPSA) is 69.9 Å². The van der Waals surface area contributed by atoms with Crippen LogP contribution >= 0.6 is 0 Å². The van der Waals surface area contributed by atoms with Crippen LogP contribution < -0.4 is 0 Å². The van der Waals surface area contributed by atoms with Gasteiger partial charge in [-0.25, -0.2) is 0 Å². The van der Waals surface area contributed by atoms with Crippen LogP contribution in [0.3, 0.4) is 0 Å². The first-order valence-electron chi connectivity index (χ1n) is 14.3. The molecule has 5 aliphatic carbocycles. The Labute approximate surface area is 207 Å². The highest BCUT2D eigenvalue weighted by molar-refractivity contribution is 5.31. The molecule has 1 aliphatic heterocycles. The minimum Gasteiger partial charge on any atom is -0.393 e. The average Bonchev–Trinajstić information content (AvgIpc) is 3.11. The molecule has 4 heteroatoms. The standard InChI is InChI=1S/C30H50O4/c1-24(2)19-8-9-20-27(6)16-18(31)23(28(7)12-11-22(34-28)25(3,4)33)26(27,5)14-15-30(20)17-29(19,30)13-10-21(24)32/h18-23,31-33H,8-17H2,1-7H3/t18-,19?,20?,21+,22+,23?,26+,27-,28-,29+,30-/m0/s1. The number of fused-ring (bicyclic) bond motifs is 2. The zero-order valence-corrected chi connectivity index (χ0v) is 22.8. The molecule has 3 unspecified atom stereocenters. The van der Waals surface area contributed by atoms with Gasteiger partial charge in [0.25, 0.3) is 0 Å². The molecule has 11 atom stereocenters. The Hall–Kier alpha value is -0.160. The van der Waals surface area contributed by atoms with Crippen molar-refractivity contribution in [3.63, 3.8) is 0 Å². The van der Waals surface area contributed by atoms with Crippen LogP contribution in [0.15, 0.2) is 0 Å². The summed E-state index contributed by atoms with van der Waals surface area (Å²) >= 11 is 0. The molecule has 0 aromatic rings. The Morgan fingerprint density at radius 2 is 1.41 bits per heavy atom. The van der Waals surface area contributed by atoms with E-state index in [1.54, 1.807) is 0 Å². The SMILES string of the molecule is CC(C)(O)[C@H]1CC[C@@](C)(C2[C@@H](O)C[C@@]3(C)C4CCC5C(C)(C)[C@H](O)CC[C@@]56C[C@@]46CC[C@]23C)O1. The Bertz CT molecular complexity index is 878. The van der Waals surface area contributed by atoms with Crippen molar-refractivity contribution in [3.05, 3.63) is 0 Å². The zero-order valence-electron chi connectivity index (χ0n) is 22.8. The van der Waals surface area contributed by atoms with Gasteiger partial charge in [0.05, 0.1) is 29.5 Å². The van der Waals surface area contributed by atoms with Gasteiger partial charge in [0.2, 0.25) is 0 Å². The van der Waals surface area contributed by atoms with Crippen LogP contribution in [-0.2, 0) is 4.74 Å². The van der Waals surface area contributed by atoms with Crippen LogP contribution in [0.1, 0.15) is 113 Å². The Morgan fingerprint density at radius 1 is 0.765 bits per heavy atom. The second kappa shape index (κ2) is 6.63. The Balaban J connectivity index is 1.34. The molecule has 194 valence electrons. The molecule has 0 aromatic carbocycles. The van der Waals surface area contributed by atoms with Crippen molar-refractivity contribution in [2.24, 2.45) is 44.8 Å². The van der Waals surface area contributed by atoms with Gasteiger partial charge in [-0.05, 0) is 124 Å².